The van der Waals surface area contributed by atoms with Gasteiger partial charge in [-0.05, 0) is 41.5 Å². The van der Waals surface area contributed by atoms with Crippen LogP contribution in [0.4, 0.5) is 5.69 Å². The maximum atomic E-state index is 13.7. The van der Waals surface area contributed by atoms with Crippen LogP contribution in [0.3, 0.4) is 0 Å². The van der Waals surface area contributed by atoms with Crippen LogP contribution in [0.2, 0.25) is 5.02 Å². The minimum absolute atomic E-state index is 0.0645. The second kappa shape index (κ2) is 11.6. The Hall–Kier alpha value is -4.04. The van der Waals surface area contributed by atoms with Gasteiger partial charge >= 0.3 is 0 Å². The first-order valence-electron chi connectivity index (χ1n) is 13.0. The van der Waals surface area contributed by atoms with Crippen LogP contribution < -0.4 is 5.32 Å². The number of halogens is 1. The zero-order valence-electron chi connectivity index (χ0n) is 22.1. The van der Waals surface area contributed by atoms with Gasteiger partial charge in [0.05, 0.1) is 32.4 Å². The van der Waals surface area contributed by atoms with Gasteiger partial charge < -0.3 is 5.32 Å². The van der Waals surface area contributed by atoms with Crippen molar-refractivity contribution in [3.8, 4) is 22.4 Å². The third kappa shape index (κ3) is 5.49. The number of benzene rings is 4. The van der Waals surface area contributed by atoms with Gasteiger partial charge in [-0.15, -0.1) is 0 Å². The normalized spacial score (nSPS) is 11.6. The van der Waals surface area contributed by atoms with E-state index in [2.05, 4.69) is 17.4 Å². The summed E-state index contributed by atoms with van der Waals surface area (Å²) in [6.07, 6.45) is 0. The van der Waals surface area contributed by atoms with Crippen molar-refractivity contribution in [2.24, 2.45) is 0 Å². The lowest BCUT2D eigenvalue weighted by Gasteiger charge is -2.19. The third-order valence-corrected chi connectivity index (χ3v) is 9.15. The number of sulfonamides is 1. The first-order chi connectivity index (χ1) is 19.3. The maximum absolute atomic E-state index is 13.7. The van der Waals surface area contributed by atoms with Crippen molar-refractivity contribution in [3.05, 3.63) is 114 Å². The molecule has 0 aliphatic carbocycles. The molecule has 0 radical (unpaired) electrons. The number of aromatic nitrogens is 1. The second-order valence-corrected chi connectivity index (χ2v) is 11.5. The first-order valence-corrected chi connectivity index (χ1v) is 14.8. The lowest BCUT2D eigenvalue weighted by molar-refractivity contribution is 0.102. The lowest BCUT2D eigenvalue weighted by atomic mass is 10.0. The van der Waals surface area contributed by atoms with Gasteiger partial charge in [-0.1, -0.05) is 98.2 Å². The van der Waals surface area contributed by atoms with Crippen molar-refractivity contribution >= 4 is 44.1 Å². The molecule has 0 aliphatic rings. The van der Waals surface area contributed by atoms with E-state index in [9.17, 15) is 13.2 Å². The lowest BCUT2D eigenvalue weighted by Crippen LogP contribution is -2.30. The zero-order valence-corrected chi connectivity index (χ0v) is 23.7. The summed E-state index contributed by atoms with van der Waals surface area (Å²) in [5, 5.41) is 3.75. The van der Waals surface area contributed by atoms with E-state index in [1.54, 1.807) is 19.9 Å². The topological polar surface area (TPSA) is 79.4 Å². The van der Waals surface area contributed by atoms with Crippen LogP contribution in [0.25, 0.3) is 33.3 Å². The number of anilines is 1. The zero-order chi connectivity index (χ0) is 28.3. The molecule has 5 aromatic rings. The summed E-state index contributed by atoms with van der Waals surface area (Å²) in [4.78, 5) is 18.5. The molecule has 1 heterocycles. The van der Waals surface area contributed by atoms with Gasteiger partial charge in [0, 0.05) is 24.0 Å². The van der Waals surface area contributed by atoms with E-state index in [0.717, 1.165) is 16.7 Å². The monoisotopic (exact) mass is 569 g/mol. The van der Waals surface area contributed by atoms with Gasteiger partial charge in [0.1, 0.15) is 0 Å². The SMILES string of the molecule is CCN(CC)S(=O)(=O)c1ccc(Cl)c(NC(=O)c2cc(-c3ccc(-c4ccccc4)cc3)nc3ccccc23)c1. The molecule has 8 heteroatoms. The highest BCUT2D eigenvalue weighted by Crippen LogP contribution is 2.30. The molecule has 6 nitrogen and oxygen atoms in total. The summed E-state index contributed by atoms with van der Waals surface area (Å²) >= 11 is 6.40. The molecule has 0 saturated carbocycles. The molecule has 1 aromatic heterocycles. The maximum Gasteiger partial charge on any atom is 0.256 e. The second-order valence-electron chi connectivity index (χ2n) is 9.20. The van der Waals surface area contributed by atoms with Crippen LogP contribution in [-0.4, -0.2) is 36.7 Å². The van der Waals surface area contributed by atoms with E-state index in [0.29, 0.717) is 35.2 Å². The number of nitrogens with one attached hydrogen (secondary N) is 1. The number of rotatable bonds is 8. The van der Waals surface area contributed by atoms with Crippen LogP contribution in [0, 0.1) is 0 Å². The molecule has 5 rings (SSSR count). The van der Waals surface area contributed by atoms with E-state index < -0.39 is 15.9 Å². The Morgan fingerprint density at radius 1 is 0.800 bits per heavy atom. The minimum Gasteiger partial charge on any atom is -0.321 e. The molecule has 0 atom stereocenters. The number of nitrogens with zero attached hydrogens (tertiary/aromatic N) is 2. The van der Waals surface area contributed by atoms with Crippen LogP contribution in [-0.2, 0) is 10.0 Å². The molecule has 0 spiro atoms. The molecule has 4 aromatic carbocycles. The molecule has 0 saturated heterocycles. The Labute approximate surface area is 239 Å². The summed E-state index contributed by atoms with van der Waals surface area (Å²) in [7, 11) is -3.73. The third-order valence-electron chi connectivity index (χ3n) is 6.78. The van der Waals surface area contributed by atoms with Gasteiger partial charge in [-0.2, -0.15) is 4.31 Å². The van der Waals surface area contributed by atoms with Crippen LogP contribution >= 0.6 is 11.6 Å². The number of para-hydroxylation sites is 1. The molecule has 1 N–H and O–H groups in total. The summed E-state index contributed by atoms with van der Waals surface area (Å²) in [5.41, 5.74) is 4.99. The number of hydrogen-bond acceptors (Lipinski definition) is 4. The Morgan fingerprint density at radius 3 is 2.12 bits per heavy atom. The molecular formula is C32H28ClN3O3S. The first kappa shape index (κ1) is 27.5. The number of carbonyl (C=O) groups is 1. The smallest absolute Gasteiger partial charge is 0.256 e. The fourth-order valence-electron chi connectivity index (χ4n) is 4.64. The standard InChI is InChI=1S/C32H28ClN3O3S/c1-3-36(4-2)40(38,39)25-18-19-28(33)31(20-25)35-32(37)27-21-30(34-29-13-9-8-12-26(27)29)24-16-14-23(15-17-24)22-10-6-5-7-11-22/h5-21H,3-4H2,1-2H3,(H,35,37). The van der Waals surface area contributed by atoms with Crippen molar-refractivity contribution in [1.82, 2.24) is 9.29 Å². The minimum atomic E-state index is -3.73. The van der Waals surface area contributed by atoms with Gasteiger partial charge in [-0.3, -0.25) is 4.79 Å². The van der Waals surface area contributed by atoms with Gasteiger partial charge in [0.15, 0.2) is 0 Å². The largest absolute Gasteiger partial charge is 0.321 e. The molecule has 0 aliphatic heterocycles. The number of fused-ring (bicyclic) bond motifs is 1. The molecule has 0 fully saturated rings. The van der Waals surface area contributed by atoms with Crippen molar-refractivity contribution < 1.29 is 13.2 Å². The Balaban J connectivity index is 1.51. The quantitative estimate of drug-likeness (QED) is 0.210. The Morgan fingerprint density at radius 2 is 1.43 bits per heavy atom. The van der Waals surface area contributed by atoms with Crippen LogP contribution in [0.15, 0.2) is 108 Å². The van der Waals surface area contributed by atoms with Gasteiger partial charge in [0.2, 0.25) is 10.0 Å². The van der Waals surface area contributed by atoms with E-state index in [1.165, 1.54) is 22.5 Å². The molecule has 1 amide bonds. The number of carbonyl (C=O) groups excluding carboxylic acids is 1. The summed E-state index contributed by atoms with van der Waals surface area (Å²) < 4.78 is 27.5. The van der Waals surface area contributed by atoms with E-state index in [1.807, 2.05) is 66.7 Å². The van der Waals surface area contributed by atoms with Crippen LogP contribution in [0.5, 0.6) is 0 Å². The van der Waals surface area contributed by atoms with Crippen molar-refractivity contribution in [2.45, 2.75) is 18.7 Å². The van der Waals surface area contributed by atoms with E-state index in [4.69, 9.17) is 16.6 Å². The Kier molecular flexibility index (Phi) is 7.98. The Bertz CT molecular complexity index is 1790. The summed E-state index contributed by atoms with van der Waals surface area (Å²) in [5.74, 6) is -0.417. The molecule has 202 valence electrons. The molecule has 0 bridgehead atoms. The summed E-state index contributed by atoms with van der Waals surface area (Å²) in [6, 6.07) is 31.6. The van der Waals surface area contributed by atoms with Crippen LogP contribution in [0.1, 0.15) is 24.2 Å². The fourth-order valence-corrected chi connectivity index (χ4v) is 6.29. The fraction of sp³-hybridized carbons (Fsp3) is 0.125. The highest BCUT2D eigenvalue weighted by Gasteiger charge is 2.23. The van der Waals surface area contributed by atoms with Gasteiger partial charge in [-0.25, -0.2) is 13.4 Å². The predicted octanol–water partition coefficient (Wildman–Crippen LogP) is 7.51. The van der Waals surface area contributed by atoms with E-state index in [-0.39, 0.29) is 15.6 Å². The van der Waals surface area contributed by atoms with Gasteiger partial charge in [0.25, 0.3) is 5.91 Å². The highest BCUT2D eigenvalue weighted by molar-refractivity contribution is 7.89. The van der Waals surface area contributed by atoms with Crippen molar-refractivity contribution in [1.29, 1.82) is 0 Å². The van der Waals surface area contributed by atoms with E-state index >= 15 is 0 Å². The average Bonchev–Trinajstić information content (AvgIpc) is 2.98. The predicted molar refractivity (Wildman–Crippen MR) is 162 cm³/mol. The number of hydrogen-bond donors (Lipinski definition) is 1. The summed E-state index contributed by atoms with van der Waals surface area (Å²) in [6.45, 7) is 4.23. The molecule has 0 unspecified atom stereocenters. The molecule has 40 heavy (non-hydrogen) atoms. The molecular weight excluding hydrogens is 542 g/mol. The average molecular weight is 570 g/mol. The van der Waals surface area contributed by atoms with Crippen molar-refractivity contribution in [3.63, 3.8) is 0 Å². The number of amides is 1. The number of pyridine rings is 1. The van der Waals surface area contributed by atoms with Crippen molar-refractivity contribution in [2.75, 3.05) is 18.4 Å². The highest BCUT2D eigenvalue weighted by atomic mass is 35.5.